The number of hydrogen-bond donors (Lipinski definition) is 0. The molecule has 1 aliphatic rings. The van der Waals surface area contributed by atoms with Crippen LogP contribution in [0.25, 0.3) is 0 Å². The summed E-state index contributed by atoms with van der Waals surface area (Å²) in [7, 11) is 0. The molecule has 0 atom stereocenters. The molecule has 1 heterocycles. The fourth-order valence-electron chi connectivity index (χ4n) is 1.43. The molecule has 0 N–H and O–H groups in total. The van der Waals surface area contributed by atoms with Gasteiger partial charge in [0.15, 0.2) is 0 Å². The Bertz CT molecular complexity index is 100. The average molecular weight is 170 g/mol. The van der Waals surface area contributed by atoms with Gasteiger partial charge in [-0.1, -0.05) is 26.2 Å². The van der Waals surface area contributed by atoms with Crippen LogP contribution in [0.2, 0.25) is 0 Å². The van der Waals surface area contributed by atoms with Crippen molar-refractivity contribution in [3.63, 3.8) is 0 Å². The van der Waals surface area contributed by atoms with Crippen LogP contribution < -0.4 is 0 Å². The zero-order chi connectivity index (χ0) is 8.65. The highest BCUT2D eigenvalue weighted by Gasteiger charge is 2.08. The summed E-state index contributed by atoms with van der Waals surface area (Å²) >= 11 is 0. The van der Waals surface area contributed by atoms with Gasteiger partial charge in [-0.3, -0.25) is 4.90 Å². The fraction of sp³-hybridized carbons (Fsp3) is 0.900. The lowest BCUT2D eigenvalue weighted by atomic mass is 10.2. The van der Waals surface area contributed by atoms with E-state index in [1.54, 1.807) is 0 Å². The molecule has 0 amide bonds. The quantitative estimate of drug-likeness (QED) is 0.586. The minimum atomic E-state index is 0.907. The first-order valence-electron chi connectivity index (χ1n) is 5.08. The van der Waals surface area contributed by atoms with Gasteiger partial charge in [0, 0.05) is 19.6 Å². The molecule has 2 heteroatoms. The second-order valence-electron chi connectivity index (χ2n) is 3.33. The molecule has 0 saturated carbocycles. The first-order valence-corrected chi connectivity index (χ1v) is 5.08. The maximum atomic E-state index is 5.27. The van der Waals surface area contributed by atoms with E-state index in [1.165, 1.54) is 25.7 Å². The highest BCUT2D eigenvalue weighted by Crippen LogP contribution is 2.06. The summed E-state index contributed by atoms with van der Waals surface area (Å²) in [6, 6.07) is 0. The van der Waals surface area contributed by atoms with Gasteiger partial charge in [-0.2, -0.15) is 0 Å². The van der Waals surface area contributed by atoms with Crippen LogP contribution in [0.15, 0.2) is 0 Å². The molecule has 1 saturated heterocycles. The van der Waals surface area contributed by atoms with Crippen LogP contribution in [0.1, 0.15) is 32.6 Å². The molecular weight excluding hydrogens is 150 g/mol. The molecule has 1 rings (SSSR count). The highest BCUT2D eigenvalue weighted by molar-refractivity contribution is 4.70. The molecule has 0 spiro atoms. The molecule has 1 aliphatic heterocycles. The number of nitrogens with zero attached hydrogens (tertiary/aromatic N) is 1. The van der Waals surface area contributed by atoms with E-state index in [9.17, 15) is 0 Å². The van der Waals surface area contributed by atoms with Crippen LogP contribution in [0, 0.1) is 6.54 Å². The standard InChI is InChI=1S/C10H20NO/c1-2-3-4-5-6-11-7-9-12-10-8-11/h6H,2-5,7-10H2,1H3. The van der Waals surface area contributed by atoms with Crippen LogP contribution in [-0.2, 0) is 4.74 Å². The zero-order valence-electron chi connectivity index (χ0n) is 8.09. The Morgan fingerprint density at radius 2 is 2.00 bits per heavy atom. The first-order chi connectivity index (χ1) is 5.93. The van der Waals surface area contributed by atoms with Gasteiger partial charge < -0.3 is 4.74 Å². The van der Waals surface area contributed by atoms with Crippen LogP contribution in [0.5, 0.6) is 0 Å². The summed E-state index contributed by atoms with van der Waals surface area (Å²) in [5.74, 6) is 0. The van der Waals surface area contributed by atoms with Crippen molar-refractivity contribution < 1.29 is 4.74 Å². The summed E-state index contributed by atoms with van der Waals surface area (Å²) in [5, 5.41) is 0. The summed E-state index contributed by atoms with van der Waals surface area (Å²) in [6.45, 7) is 8.58. The number of morpholine rings is 1. The van der Waals surface area contributed by atoms with Crippen molar-refractivity contribution in [1.82, 2.24) is 4.90 Å². The Hall–Kier alpha value is -0.0800. The average Bonchev–Trinajstić information content (AvgIpc) is 2.14. The Morgan fingerprint density at radius 3 is 2.67 bits per heavy atom. The Kier molecular flexibility index (Phi) is 5.37. The van der Waals surface area contributed by atoms with Gasteiger partial charge in [-0.25, -0.2) is 0 Å². The van der Waals surface area contributed by atoms with Gasteiger partial charge in [0.2, 0.25) is 0 Å². The number of hydrogen-bond acceptors (Lipinski definition) is 2. The topological polar surface area (TPSA) is 12.5 Å². The minimum absolute atomic E-state index is 0.907. The Balaban J connectivity index is 1.91. The third-order valence-corrected chi connectivity index (χ3v) is 2.24. The SMILES string of the molecule is CCCCC[CH]N1CCOCC1. The van der Waals surface area contributed by atoms with E-state index in [0.29, 0.717) is 0 Å². The lowest BCUT2D eigenvalue weighted by Gasteiger charge is -2.25. The number of ether oxygens (including phenoxy) is 1. The summed E-state index contributed by atoms with van der Waals surface area (Å²) in [6.07, 6.45) is 5.26. The van der Waals surface area contributed by atoms with E-state index in [0.717, 1.165) is 26.3 Å². The van der Waals surface area contributed by atoms with Crippen molar-refractivity contribution in [2.45, 2.75) is 32.6 Å². The second kappa shape index (κ2) is 6.44. The predicted octanol–water partition coefficient (Wildman–Crippen LogP) is 2.06. The lowest BCUT2D eigenvalue weighted by Crippen LogP contribution is -2.34. The maximum Gasteiger partial charge on any atom is 0.0594 e. The van der Waals surface area contributed by atoms with Crippen molar-refractivity contribution in [2.75, 3.05) is 26.3 Å². The summed E-state index contributed by atoms with van der Waals surface area (Å²) in [5.41, 5.74) is 0. The number of rotatable bonds is 5. The molecule has 1 fully saturated rings. The van der Waals surface area contributed by atoms with E-state index in [2.05, 4.69) is 18.4 Å². The Morgan fingerprint density at radius 1 is 1.25 bits per heavy atom. The van der Waals surface area contributed by atoms with Crippen molar-refractivity contribution >= 4 is 0 Å². The van der Waals surface area contributed by atoms with Crippen LogP contribution >= 0.6 is 0 Å². The molecule has 71 valence electrons. The second-order valence-corrected chi connectivity index (χ2v) is 3.33. The van der Waals surface area contributed by atoms with Gasteiger partial charge in [0.1, 0.15) is 0 Å². The molecule has 0 aromatic rings. The first kappa shape index (κ1) is 10.0. The predicted molar refractivity (Wildman–Crippen MR) is 50.8 cm³/mol. The molecule has 2 nitrogen and oxygen atoms in total. The largest absolute Gasteiger partial charge is 0.379 e. The molecule has 12 heavy (non-hydrogen) atoms. The van der Waals surface area contributed by atoms with Gasteiger partial charge >= 0.3 is 0 Å². The minimum Gasteiger partial charge on any atom is -0.379 e. The van der Waals surface area contributed by atoms with E-state index >= 15 is 0 Å². The molecule has 0 bridgehead atoms. The van der Waals surface area contributed by atoms with Crippen molar-refractivity contribution in [1.29, 1.82) is 0 Å². The molecule has 1 radical (unpaired) electrons. The third-order valence-electron chi connectivity index (χ3n) is 2.24. The summed E-state index contributed by atoms with van der Waals surface area (Å²) < 4.78 is 5.27. The number of unbranched alkanes of at least 4 members (excludes halogenated alkanes) is 3. The van der Waals surface area contributed by atoms with Crippen molar-refractivity contribution in [3.05, 3.63) is 6.54 Å². The van der Waals surface area contributed by atoms with Crippen LogP contribution in [0.3, 0.4) is 0 Å². The van der Waals surface area contributed by atoms with E-state index in [-0.39, 0.29) is 0 Å². The normalized spacial score (nSPS) is 19.8. The van der Waals surface area contributed by atoms with Gasteiger partial charge in [0.05, 0.1) is 13.2 Å². The van der Waals surface area contributed by atoms with Crippen molar-refractivity contribution in [2.24, 2.45) is 0 Å². The van der Waals surface area contributed by atoms with Gasteiger partial charge in [-0.15, -0.1) is 0 Å². The molecule has 0 aliphatic carbocycles. The molecule has 0 aromatic carbocycles. The van der Waals surface area contributed by atoms with E-state index in [1.807, 2.05) is 0 Å². The van der Waals surface area contributed by atoms with Gasteiger partial charge in [-0.05, 0) is 6.42 Å². The highest BCUT2D eigenvalue weighted by atomic mass is 16.5. The van der Waals surface area contributed by atoms with Gasteiger partial charge in [0.25, 0.3) is 0 Å². The monoisotopic (exact) mass is 170 g/mol. The fourth-order valence-corrected chi connectivity index (χ4v) is 1.43. The zero-order valence-corrected chi connectivity index (χ0v) is 8.09. The summed E-state index contributed by atoms with van der Waals surface area (Å²) in [4.78, 5) is 2.39. The van der Waals surface area contributed by atoms with E-state index < -0.39 is 0 Å². The molecule has 0 unspecified atom stereocenters. The molecular formula is C10H20NO. The van der Waals surface area contributed by atoms with Crippen LogP contribution in [-0.4, -0.2) is 31.2 Å². The lowest BCUT2D eigenvalue weighted by molar-refractivity contribution is 0.0498. The molecule has 0 aromatic heterocycles. The third kappa shape index (κ3) is 4.07. The van der Waals surface area contributed by atoms with E-state index in [4.69, 9.17) is 4.74 Å². The smallest absolute Gasteiger partial charge is 0.0594 e. The maximum absolute atomic E-state index is 5.27. The van der Waals surface area contributed by atoms with Crippen LogP contribution in [0.4, 0.5) is 0 Å². The Labute approximate surface area is 75.9 Å². The van der Waals surface area contributed by atoms with Crippen molar-refractivity contribution in [3.8, 4) is 0 Å².